The van der Waals surface area contributed by atoms with Gasteiger partial charge in [-0.25, -0.2) is 18.4 Å². The molecular weight excluding hydrogens is 348 g/mol. The van der Waals surface area contributed by atoms with Crippen LogP contribution >= 0.6 is 0 Å². The second-order valence-electron chi connectivity index (χ2n) is 6.58. The van der Waals surface area contributed by atoms with E-state index in [1.54, 1.807) is 4.31 Å². The van der Waals surface area contributed by atoms with E-state index in [1.165, 1.54) is 0 Å². The van der Waals surface area contributed by atoms with Gasteiger partial charge in [-0.2, -0.15) is 4.31 Å². The second-order valence-corrected chi connectivity index (χ2v) is 8.67. The van der Waals surface area contributed by atoms with Gasteiger partial charge in [-0.05, 0) is 13.3 Å². The maximum atomic E-state index is 12.4. The molecule has 2 aromatic rings. The van der Waals surface area contributed by atoms with Crippen LogP contribution in [0, 0.1) is 6.92 Å². The highest BCUT2D eigenvalue weighted by atomic mass is 32.2. The highest BCUT2D eigenvalue weighted by Gasteiger charge is 2.27. The number of piperazine rings is 1. The van der Waals surface area contributed by atoms with Gasteiger partial charge in [0.1, 0.15) is 11.6 Å². The fourth-order valence-electron chi connectivity index (χ4n) is 3.12. The number of aromatic nitrogens is 2. The summed E-state index contributed by atoms with van der Waals surface area (Å²) in [4.78, 5) is 11.3. The van der Waals surface area contributed by atoms with Crippen LogP contribution < -0.4 is 4.90 Å². The van der Waals surface area contributed by atoms with Crippen molar-refractivity contribution in [1.82, 2.24) is 14.3 Å². The predicted octanol–water partition coefficient (Wildman–Crippen LogP) is 2.70. The van der Waals surface area contributed by atoms with Gasteiger partial charge in [0.15, 0.2) is 0 Å². The van der Waals surface area contributed by atoms with Crippen LogP contribution in [0.2, 0.25) is 0 Å². The standard InChI is InChI=1S/C19H26N4O2S/c1-3-4-14-26(24,25)23-12-10-22(11-13-23)19-15-18(20-16(2)21-19)17-8-6-5-7-9-17/h5-9,15H,3-4,10-14H2,1-2H3. The van der Waals surface area contributed by atoms with Crippen molar-refractivity contribution in [3.05, 3.63) is 42.2 Å². The van der Waals surface area contributed by atoms with Crippen LogP contribution in [0.3, 0.4) is 0 Å². The predicted molar refractivity (Wildman–Crippen MR) is 105 cm³/mol. The lowest BCUT2D eigenvalue weighted by atomic mass is 10.1. The van der Waals surface area contributed by atoms with Crippen molar-refractivity contribution in [3.63, 3.8) is 0 Å². The average Bonchev–Trinajstić information content (AvgIpc) is 2.67. The molecule has 1 fully saturated rings. The van der Waals surface area contributed by atoms with Crippen LogP contribution in [0.1, 0.15) is 25.6 Å². The van der Waals surface area contributed by atoms with Crippen molar-refractivity contribution in [2.24, 2.45) is 0 Å². The highest BCUT2D eigenvalue weighted by Crippen LogP contribution is 2.23. The molecule has 0 amide bonds. The van der Waals surface area contributed by atoms with Gasteiger partial charge in [0.25, 0.3) is 0 Å². The minimum atomic E-state index is -3.14. The van der Waals surface area contributed by atoms with Gasteiger partial charge in [-0.15, -0.1) is 0 Å². The molecule has 1 saturated heterocycles. The first-order chi connectivity index (χ1) is 12.5. The van der Waals surface area contributed by atoms with Crippen molar-refractivity contribution < 1.29 is 8.42 Å². The fraction of sp³-hybridized carbons (Fsp3) is 0.474. The molecule has 0 bridgehead atoms. The Kier molecular flexibility index (Phi) is 5.88. The molecule has 7 heteroatoms. The molecule has 140 valence electrons. The Hall–Kier alpha value is -1.99. The SMILES string of the molecule is CCCCS(=O)(=O)N1CCN(c2cc(-c3ccccc3)nc(C)n2)CC1. The third-order valence-corrected chi connectivity index (χ3v) is 6.56. The lowest BCUT2D eigenvalue weighted by Crippen LogP contribution is -2.49. The molecule has 1 aromatic heterocycles. The van der Waals surface area contributed by atoms with E-state index in [4.69, 9.17) is 0 Å². The molecule has 2 heterocycles. The molecule has 0 unspecified atom stereocenters. The Morgan fingerprint density at radius 1 is 1.04 bits per heavy atom. The molecule has 26 heavy (non-hydrogen) atoms. The summed E-state index contributed by atoms with van der Waals surface area (Å²) >= 11 is 0. The second kappa shape index (κ2) is 8.14. The van der Waals surface area contributed by atoms with Gasteiger partial charge in [-0.1, -0.05) is 43.7 Å². The Morgan fingerprint density at radius 2 is 1.73 bits per heavy atom. The molecule has 0 aliphatic carbocycles. The van der Waals surface area contributed by atoms with Crippen LogP contribution in [0.25, 0.3) is 11.3 Å². The van der Waals surface area contributed by atoms with E-state index in [0.29, 0.717) is 32.6 Å². The first-order valence-electron chi connectivity index (χ1n) is 9.13. The molecule has 0 N–H and O–H groups in total. The summed E-state index contributed by atoms with van der Waals surface area (Å²) in [6, 6.07) is 12.0. The van der Waals surface area contributed by atoms with Gasteiger partial charge in [0, 0.05) is 37.8 Å². The van der Waals surface area contributed by atoms with Crippen LogP contribution in [-0.4, -0.2) is 54.6 Å². The molecule has 0 saturated carbocycles. The summed E-state index contributed by atoms with van der Waals surface area (Å²) < 4.78 is 26.3. The number of anilines is 1. The van der Waals surface area contributed by atoms with Crippen molar-refractivity contribution in [3.8, 4) is 11.3 Å². The van der Waals surface area contributed by atoms with Crippen LogP contribution in [0.5, 0.6) is 0 Å². The third-order valence-electron chi connectivity index (χ3n) is 4.61. The van der Waals surface area contributed by atoms with E-state index in [2.05, 4.69) is 14.9 Å². The quantitative estimate of drug-likeness (QED) is 0.778. The Labute approximate surface area is 155 Å². The van der Waals surface area contributed by atoms with E-state index in [1.807, 2.05) is 50.2 Å². The van der Waals surface area contributed by atoms with E-state index < -0.39 is 10.0 Å². The van der Waals surface area contributed by atoms with E-state index in [9.17, 15) is 8.42 Å². The smallest absolute Gasteiger partial charge is 0.214 e. The lowest BCUT2D eigenvalue weighted by molar-refractivity contribution is 0.383. The summed E-state index contributed by atoms with van der Waals surface area (Å²) in [6.07, 6.45) is 1.61. The molecule has 1 aliphatic rings. The summed E-state index contributed by atoms with van der Waals surface area (Å²) in [5, 5.41) is 0. The molecule has 0 atom stereocenters. The summed E-state index contributed by atoms with van der Waals surface area (Å²) in [5.41, 5.74) is 1.95. The van der Waals surface area contributed by atoms with Crippen LogP contribution in [0.15, 0.2) is 36.4 Å². The fourth-order valence-corrected chi connectivity index (χ4v) is 4.75. The molecule has 0 spiro atoms. The monoisotopic (exact) mass is 374 g/mol. The van der Waals surface area contributed by atoms with Crippen LogP contribution in [0.4, 0.5) is 5.82 Å². The van der Waals surface area contributed by atoms with E-state index in [0.717, 1.165) is 29.3 Å². The number of nitrogens with zero attached hydrogens (tertiary/aromatic N) is 4. The van der Waals surface area contributed by atoms with E-state index in [-0.39, 0.29) is 5.75 Å². The number of hydrogen-bond donors (Lipinski definition) is 0. The molecule has 1 aliphatic heterocycles. The zero-order valence-corrected chi connectivity index (χ0v) is 16.2. The van der Waals surface area contributed by atoms with Crippen molar-refractivity contribution in [1.29, 1.82) is 0 Å². The van der Waals surface area contributed by atoms with Gasteiger partial charge < -0.3 is 4.90 Å². The first-order valence-corrected chi connectivity index (χ1v) is 10.7. The van der Waals surface area contributed by atoms with Gasteiger partial charge in [0.05, 0.1) is 11.4 Å². The lowest BCUT2D eigenvalue weighted by Gasteiger charge is -2.34. The summed E-state index contributed by atoms with van der Waals surface area (Å²) in [5.74, 6) is 1.83. The van der Waals surface area contributed by atoms with Gasteiger partial charge in [0.2, 0.25) is 10.0 Å². The minimum absolute atomic E-state index is 0.244. The molecule has 1 aromatic carbocycles. The topological polar surface area (TPSA) is 66.4 Å². The molecule has 0 radical (unpaired) electrons. The highest BCUT2D eigenvalue weighted by molar-refractivity contribution is 7.89. The number of sulfonamides is 1. The maximum Gasteiger partial charge on any atom is 0.214 e. The average molecular weight is 375 g/mol. The number of unbranched alkanes of at least 4 members (excludes halogenated alkanes) is 1. The van der Waals surface area contributed by atoms with Crippen molar-refractivity contribution in [2.45, 2.75) is 26.7 Å². The van der Waals surface area contributed by atoms with Crippen molar-refractivity contribution >= 4 is 15.8 Å². The number of hydrogen-bond acceptors (Lipinski definition) is 5. The molecular formula is C19H26N4O2S. The van der Waals surface area contributed by atoms with E-state index >= 15 is 0 Å². The number of rotatable bonds is 6. The molecule has 3 rings (SSSR count). The van der Waals surface area contributed by atoms with Gasteiger partial charge >= 0.3 is 0 Å². The Morgan fingerprint density at radius 3 is 2.38 bits per heavy atom. The normalized spacial score (nSPS) is 16.0. The zero-order chi connectivity index (χ0) is 18.6. The van der Waals surface area contributed by atoms with Crippen molar-refractivity contribution in [2.75, 3.05) is 36.8 Å². The largest absolute Gasteiger partial charge is 0.354 e. The van der Waals surface area contributed by atoms with Crippen LogP contribution in [-0.2, 0) is 10.0 Å². The zero-order valence-electron chi connectivity index (χ0n) is 15.4. The summed E-state index contributed by atoms with van der Waals surface area (Å²) in [7, 11) is -3.14. The Bertz CT molecular complexity index is 832. The Balaban J connectivity index is 1.73. The third kappa shape index (κ3) is 4.40. The maximum absolute atomic E-state index is 12.4. The number of aryl methyl sites for hydroxylation is 1. The number of benzene rings is 1. The van der Waals surface area contributed by atoms with Gasteiger partial charge in [-0.3, -0.25) is 0 Å². The first kappa shape index (κ1) is 18.8. The molecule has 6 nitrogen and oxygen atoms in total. The summed E-state index contributed by atoms with van der Waals surface area (Å²) in [6.45, 7) is 6.22. The minimum Gasteiger partial charge on any atom is -0.354 e.